The van der Waals surface area contributed by atoms with E-state index < -0.39 is 21.8 Å². The molecular formula is C14H21N3O3S. The van der Waals surface area contributed by atoms with Crippen molar-refractivity contribution in [1.82, 2.24) is 4.31 Å². The maximum absolute atomic E-state index is 12.9. The van der Waals surface area contributed by atoms with Gasteiger partial charge in [-0.25, -0.2) is 8.42 Å². The summed E-state index contributed by atoms with van der Waals surface area (Å²) in [5, 5.41) is 0. The fraction of sp³-hybridized carbons (Fsp3) is 0.500. The molecule has 0 saturated carbocycles. The fourth-order valence-electron chi connectivity index (χ4n) is 2.69. The van der Waals surface area contributed by atoms with Crippen molar-refractivity contribution in [2.45, 2.75) is 37.2 Å². The average molecular weight is 311 g/mol. The topological polar surface area (TPSA) is 106 Å². The summed E-state index contributed by atoms with van der Waals surface area (Å²) >= 11 is 0. The highest BCUT2D eigenvalue weighted by atomic mass is 32.2. The van der Waals surface area contributed by atoms with E-state index in [0.29, 0.717) is 18.4 Å². The standard InChI is InChI=1S/C14H21N3O3S/c1-10-6-7-12(14(16)18)9-17(10)21(19,20)13-5-3-2-4-11(13)8-15/h2-5,10,12H,6-9,15H2,1H3,(H2,16,18). The third kappa shape index (κ3) is 3.09. The number of hydrogen-bond acceptors (Lipinski definition) is 4. The molecule has 0 spiro atoms. The summed E-state index contributed by atoms with van der Waals surface area (Å²) in [7, 11) is -3.67. The summed E-state index contributed by atoms with van der Waals surface area (Å²) in [5.74, 6) is -0.879. The van der Waals surface area contributed by atoms with Gasteiger partial charge in [0.05, 0.1) is 10.8 Å². The molecule has 2 atom stereocenters. The van der Waals surface area contributed by atoms with E-state index in [1.54, 1.807) is 24.3 Å². The smallest absolute Gasteiger partial charge is 0.243 e. The molecule has 116 valence electrons. The normalized spacial score (nSPS) is 23.9. The van der Waals surface area contributed by atoms with Crippen LogP contribution in [0.3, 0.4) is 0 Å². The summed E-state index contributed by atoms with van der Waals surface area (Å²) in [6.07, 6.45) is 1.25. The Labute approximate surface area is 125 Å². The van der Waals surface area contributed by atoms with Crippen molar-refractivity contribution >= 4 is 15.9 Å². The van der Waals surface area contributed by atoms with E-state index in [2.05, 4.69) is 0 Å². The van der Waals surface area contributed by atoms with Crippen LogP contribution >= 0.6 is 0 Å². The molecule has 1 fully saturated rings. The van der Waals surface area contributed by atoms with Gasteiger partial charge in [-0.1, -0.05) is 18.2 Å². The molecule has 1 aromatic rings. The number of sulfonamides is 1. The lowest BCUT2D eigenvalue weighted by Crippen LogP contribution is -2.48. The van der Waals surface area contributed by atoms with Gasteiger partial charge in [0, 0.05) is 19.1 Å². The van der Waals surface area contributed by atoms with Gasteiger partial charge in [-0.15, -0.1) is 0 Å². The zero-order valence-electron chi connectivity index (χ0n) is 12.0. The van der Waals surface area contributed by atoms with E-state index >= 15 is 0 Å². The van der Waals surface area contributed by atoms with Crippen LogP contribution in [0, 0.1) is 5.92 Å². The lowest BCUT2D eigenvalue weighted by atomic mass is 9.95. The Balaban J connectivity index is 2.39. The van der Waals surface area contributed by atoms with Crippen LogP contribution in [0.5, 0.6) is 0 Å². The fourth-order valence-corrected chi connectivity index (χ4v) is 4.63. The third-order valence-corrected chi connectivity index (χ3v) is 6.09. The van der Waals surface area contributed by atoms with Crippen molar-refractivity contribution in [3.8, 4) is 0 Å². The number of carbonyl (C=O) groups excluding carboxylic acids is 1. The molecule has 0 aliphatic carbocycles. The highest BCUT2D eigenvalue weighted by Crippen LogP contribution is 2.29. The minimum absolute atomic E-state index is 0.137. The third-order valence-electron chi connectivity index (χ3n) is 4.01. The van der Waals surface area contributed by atoms with Crippen molar-refractivity contribution in [1.29, 1.82) is 0 Å². The minimum Gasteiger partial charge on any atom is -0.369 e. The van der Waals surface area contributed by atoms with Gasteiger partial charge in [-0.2, -0.15) is 4.31 Å². The first kappa shape index (κ1) is 15.9. The largest absolute Gasteiger partial charge is 0.369 e. The maximum Gasteiger partial charge on any atom is 0.243 e. The SMILES string of the molecule is CC1CCC(C(N)=O)CN1S(=O)(=O)c1ccccc1CN. The average Bonchev–Trinajstić information content (AvgIpc) is 2.47. The molecule has 7 heteroatoms. The second-order valence-electron chi connectivity index (χ2n) is 5.41. The van der Waals surface area contributed by atoms with Crippen LogP contribution in [0.25, 0.3) is 0 Å². The van der Waals surface area contributed by atoms with E-state index in [1.165, 1.54) is 4.31 Å². The molecule has 2 rings (SSSR count). The summed E-state index contributed by atoms with van der Waals surface area (Å²) in [5.41, 5.74) is 11.5. The summed E-state index contributed by atoms with van der Waals surface area (Å²) in [6, 6.07) is 6.53. The molecular weight excluding hydrogens is 290 g/mol. The number of carbonyl (C=O) groups is 1. The predicted molar refractivity (Wildman–Crippen MR) is 79.6 cm³/mol. The van der Waals surface area contributed by atoms with E-state index in [4.69, 9.17) is 11.5 Å². The number of nitrogens with two attached hydrogens (primary N) is 2. The van der Waals surface area contributed by atoms with Gasteiger partial charge in [0.15, 0.2) is 0 Å². The number of primary amides is 1. The van der Waals surface area contributed by atoms with Crippen LogP contribution in [0.15, 0.2) is 29.2 Å². The van der Waals surface area contributed by atoms with Crippen LogP contribution in [0.1, 0.15) is 25.3 Å². The van der Waals surface area contributed by atoms with Crippen molar-refractivity contribution in [2.24, 2.45) is 17.4 Å². The van der Waals surface area contributed by atoms with E-state index in [-0.39, 0.29) is 24.0 Å². The Bertz CT molecular complexity index is 630. The highest BCUT2D eigenvalue weighted by Gasteiger charge is 2.37. The van der Waals surface area contributed by atoms with E-state index in [0.717, 1.165) is 0 Å². The number of amides is 1. The van der Waals surface area contributed by atoms with Gasteiger partial charge in [0.25, 0.3) is 0 Å². The van der Waals surface area contributed by atoms with E-state index in [1.807, 2.05) is 6.92 Å². The van der Waals surface area contributed by atoms with E-state index in [9.17, 15) is 13.2 Å². The monoisotopic (exact) mass is 311 g/mol. The van der Waals surface area contributed by atoms with Crippen molar-refractivity contribution in [3.05, 3.63) is 29.8 Å². The Morgan fingerprint density at radius 3 is 2.62 bits per heavy atom. The lowest BCUT2D eigenvalue weighted by Gasteiger charge is -2.36. The van der Waals surface area contributed by atoms with Crippen LogP contribution in [0.2, 0.25) is 0 Å². The van der Waals surface area contributed by atoms with Crippen LogP contribution < -0.4 is 11.5 Å². The Hall–Kier alpha value is -1.44. The molecule has 1 saturated heterocycles. The van der Waals surface area contributed by atoms with Crippen LogP contribution in [-0.4, -0.2) is 31.2 Å². The summed E-state index contributed by atoms with van der Waals surface area (Å²) < 4.78 is 27.1. The number of benzene rings is 1. The predicted octanol–water partition coefficient (Wildman–Crippen LogP) is 0.420. The van der Waals surface area contributed by atoms with Crippen molar-refractivity contribution in [2.75, 3.05) is 6.54 Å². The number of rotatable bonds is 4. The first-order chi connectivity index (χ1) is 9.87. The summed E-state index contributed by atoms with van der Waals surface area (Å²) in [6.45, 7) is 2.13. The van der Waals surface area contributed by atoms with Gasteiger partial charge in [0.1, 0.15) is 0 Å². The second-order valence-corrected chi connectivity index (χ2v) is 7.27. The number of piperidine rings is 1. The van der Waals surface area contributed by atoms with Gasteiger partial charge in [0.2, 0.25) is 15.9 Å². The van der Waals surface area contributed by atoms with Crippen LogP contribution in [-0.2, 0) is 21.4 Å². The molecule has 1 aliphatic heterocycles. The van der Waals surface area contributed by atoms with Gasteiger partial charge < -0.3 is 11.5 Å². The molecule has 21 heavy (non-hydrogen) atoms. The molecule has 1 aromatic carbocycles. The molecule has 1 aliphatic rings. The van der Waals surface area contributed by atoms with Crippen LogP contribution in [0.4, 0.5) is 0 Å². The zero-order chi connectivity index (χ0) is 15.6. The van der Waals surface area contributed by atoms with Gasteiger partial charge in [-0.3, -0.25) is 4.79 Å². The maximum atomic E-state index is 12.9. The summed E-state index contributed by atoms with van der Waals surface area (Å²) in [4.78, 5) is 11.6. The van der Waals surface area contributed by atoms with Gasteiger partial charge in [-0.05, 0) is 31.4 Å². The zero-order valence-corrected chi connectivity index (χ0v) is 12.8. The molecule has 2 unspecified atom stereocenters. The Morgan fingerprint density at radius 2 is 2.00 bits per heavy atom. The quantitative estimate of drug-likeness (QED) is 0.840. The molecule has 0 aromatic heterocycles. The van der Waals surface area contributed by atoms with Gasteiger partial charge >= 0.3 is 0 Å². The number of nitrogens with zero attached hydrogens (tertiary/aromatic N) is 1. The minimum atomic E-state index is -3.67. The molecule has 4 N–H and O–H groups in total. The first-order valence-electron chi connectivity index (χ1n) is 6.97. The molecule has 1 amide bonds. The Kier molecular flexibility index (Phi) is 4.65. The van der Waals surface area contributed by atoms with Crippen molar-refractivity contribution in [3.63, 3.8) is 0 Å². The lowest BCUT2D eigenvalue weighted by molar-refractivity contribution is -0.123. The van der Waals surface area contributed by atoms with Crippen molar-refractivity contribution < 1.29 is 13.2 Å². The first-order valence-corrected chi connectivity index (χ1v) is 8.41. The molecule has 0 bridgehead atoms. The second kappa shape index (κ2) is 6.13. The number of hydrogen-bond donors (Lipinski definition) is 2. The molecule has 1 heterocycles. The molecule has 6 nitrogen and oxygen atoms in total. The highest BCUT2D eigenvalue weighted by molar-refractivity contribution is 7.89. The molecule has 0 radical (unpaired) electrons. The Morgan fingerprint density at radius 1 is 1.33 bits per heavy atom.